The molecule has 0 radical (unpaired) electrons. The van der Waals surface area contributed by atoms with Gasteiger partial charge in [0.15, 0.2) is 0 Å². The number of hydrogen-bond donors (Lipinski definition) is 0. The predicted octanol–water partition coefficient (Wildman–Crippen LogP) is 1.90. The summed E-state index contributed by atoms with van der Waals surface area (Å²) in [5.41, 5.74) is 4.48. The van der Waals surface area contributed by atoms with Gasteiger partial charge in [0.2, 0.25) is 0 Å². The van der Waals surface area contributed by atoms with Gasteiger partial charge in [-0.3, -0.25) is 7.05 Å². The lowest BCUT2D eigenvalue weighted by Gasteiger charge is -2.33. The first-order chi connectivity index (χ1) is 7.16. The van der Waals surface area contributed by atoms with Crippen molar-refractivity contribution < 1.29 is 0 Å². The molecule has 1 heterocycles. The third-order valence-corrected chi connectivity index (χ3v) is 2.93. The highest BCUT2D eigenvalue weighted by atomic mass is 15.1. The lowest BCUT2D eigenvalue weighted by atomic mass is 9.94. The van der Waals surface area contributed by atoms with Crippen molar-refractivity contribution in [1.82, 2.24) is 9.80 Å². The highest BCUT2D eigenvalue weighted by Crippen LogP contribution is 2.22. The Balaban J connectivity index is 2.29. The number of hydrogen-bond acceptors (Lipinski definition) is 2. The van der Waals surface area contributed by atoms with Crippen molar-refractivity contribution in [1.29, 1.82) is 0 Å². The minimum atomic E-state index is 0.997. The molecule has 0 spiro atoms. The standard InChI is InChI=1S/C13H19N2/c1-14(2)9-11-5-4-6-12-10-15(3)8-7-13(11)12/h4-6H,3,7-10H2,1-2H3/q-1. The molecule has 1 aliphatic rings. The highest BCUT2D eigenvalue weighted by molar-refractivity contribution is 5.37. The Hall–Kier alpha value is -0.860. The highest BCUT2D eigenvalue weighted by Gasteiger charge is 2.13. The van der Waals surface area contributed by atoms with E-state index in [4.69, 9.17) is 0 Å². The average molecular weight is 203 g/mol. The average Bonchev–Trinajstić information content (AvgIpc) is 2.16. The summed E-state index contributed by atoms with van der Waals surface area (Å²) in [7, 11) is 8.25. The van der Waals surface area contributed by atoms with E-state index in [0.29, 0.717) is 0 Å². The molecule has 1 aliphatic heterocycles. The third-order valence-electron chi connectivity index (χ3n) is 2.93. The summed E-state index contributed by atoms with van der Waals surface area (Å²) in [4.78, 5) is 4.37. The quantitative estimate of drug-likeness (QED) is 0.677. The van der Waals surface area contributed by atoms with Crippen LogP contribution in [0.3, 0.4) is 0 Å². The molecule has 82 valence electrons. The Morgan fingerprint density at radius 1 is 1.40 bits per heavy atom. The normalized spacial score (nSPS) is 16.8. The zero-order valence-corrected chi connectivity index (χ0v) is 9.66. The molecule has 0 saturated heterocycles. The van der Waals surface area contributed by atoms with E-state index in [1.54, 1.807) is 5.56 Å². The maximum Gasteiger partial charge on any atom is 0.0230 e. The van der Waals surface area contributed by atoms with E-state index < -0.39 is 0 Å². The van der Waals surface area contributed by atoms with Crippen LogP contribution in [0.25, 0.3) is 0 Å². The van der Waals surface area contributed by atoms with Gasteiger partial charge in [-0.2, -0.15) is 0 Å². The first-order valence-electron chi connectivity index (χ1n) is 5.46. The van der Waals surface area contributed by atoms with Crippen LogP contribution >= 0.6 is 0 Å². The van der Waals surface area contributed by atoms with Crippen molar-refractivity contribution in [3.63, 3.8) is 0 Å². The molecule has 0 fully saturated rings. The number of nitrogens with zero attached hydrogens (tertiary/aromatic N) is 2. The second-order valence-electron chi connectivity index (χ2n) is 4.60. The smallest absolute Gasteiger partial charge is 0.0230 e. The maximum absolute atomic E-state index is 4.01. The molecular formula is C13H19N2-. The molecule has 15 heavy (non-hydrogen) atoms. The second-order valence-corrected chi connectivity index (χ2v) is 4.60. The van der Waals surface area contributed by atoms with E-state index in [9.17, 15) is 0 Å². The molecule has 1 aromatic carbocycles. The van der Waals surface area contributed by atoms with Gasteiger partial charge in [-0.15, -0.1) is 0 Å². The molecule has 1 aromatic rings. The third kappa shape index (κ3) is 2.39. The molecule has 0 saturated carbocycles. The van der Waals surface area contributed by atoms with Crippen LogP contribution in [0.15, 0.2) is 18.2 Å². The van der Waals surface area contributed by atoms with Crippen LogP contribution in [0.5, 0.6) is 0 Å². The van der Waals surface area contributed by atoms with Gasteiger partial charge in [-0.25, -0.2) is 0 Å². The zero-order chi connectivity index (χ0) is 10.8. The molecule has 2 nitrogen and oxygen atoms in total. The van der Waals surface area contributed by atoms with E-state index >= 15 is 0 Å². The first-order valence-corrected chi connectivity index (χ1v) is 5.46. The van der Waals surface area contributed by atoms with Crippen LogP contribution in [-0.4, -0.2) is 30.4 Å². The van der Waals surface area contributed by atoms with Crippen molar-refractivity contribution in [2.75, 3.05) is 20.6 Å². The number of fused-ring (bicyclic) bond motifs is 1. The van der Waals surface area contributed by atoms with Crippen molar-refractivity contribution in [2.45, 2.75) is 19.5 Å². The van der Waals surface area contributed by atoms with Gasteiger partial charge in [0, 0.05) is 6.54 Å². The van der Waals surface area contributed by atoms with Crippen molar-refractivity contribution in [3.05, 3.63) is 41.9 Å². The summed E-state index contributed by atoms with van der Waals surface area (Å²) in [5, 5.41) is 0. The Bertz CT molecular complexity index is 344. The molecule has 2 rings (SSSR count). The molecule has 0 amide bonds. The molecule has 0 aliphatic carbocycles. The predicted molar refractivity (Wildman–Crippen MR) is 63.3 cm³/mol. The van der Waals surface area contributed by atoms with Crippen molar-refractivity contribution >= 4 is 0 Å². The minimum absolute atomic E-state index is 0.997. The van der Waals surface area contributed by atoms with Gasteiger partial charge in [0.05, 0.1) is 0 Å². The fraction of sp³-hybridized carbons (Fsp3) is 0.462. The van der Waals surface area contributed by atoms with Gasteiger partial charge < -0.3 is 9.80 Å². The van der Waals surface area contributed by atoms with Gasteiger partial charge >= 0.3 is 0 Å². The molecule has 0 atom stereocenters. The zero-order valence-electron chi connectivity index (χ0n) is 9.66. The molecule has 0 unspecified atom stereocenters. The Kier molecular flexibility index (Phi) is 3.08. The summed E-state index contributed by atoms with van der Waals surface area (Å²) in [6.07, 6.45) is 1.14. The summed E-state index contributed by atoms with van der Waals surface area (Å²) in [5.74, 6) is 0. The SMILES string of the molecule is [CH2-]N1CCc2c(CN(C)C)cccc2C1. The van der Waals surface area contributed by atoms with Crippen LogP contribution < -0.4 is 0 Å². The van der Waals surface area contributed by atoms with Crippen LogP contribution in [0.2, 0.25) is 0 Å². The minimum Gasteiger partial charge on any atom is -0.455 e. The second kappa shape index (κ2) is 4.33. The van der Waals surface area contributed by atoms with Gasteiger partial charge in [0.25, 0.3) is 0 Å². The van der Waals surface area contributed by atoms with Gasteiger partial charge in [0.1, 0.15) is 0 Å². The fourth-order valence-electron chi connectivity index (χ4n) is 2.24. The van der Waals surface area contributed by atoms with Crippen LogP contribution in [0.1, 0.15) is 16.7 Å². The van der Waals surface area contributed by atoms with Gasteiger partial charge in [-0.1, -0.05) is 18.2 Å². The Morgan fingerprint density at radius 3 is 2.93 bits per heavy atom. The van der Waals surface area contributed by atoms with Crippen LogP contribution in [0, 0.1) is 7.05 Å². The largest absolute Gasteiger partial charge is 0.455 e. The monoisotopic (exact) mass is 203 g/mol. The van der Waals surface area contributed by atoms with E-state index in [1.165, 1.54) is 11.1 Å². The van der Waals surface area contributed by atoms with E-state index in [2.05, 4.69) is 49.1 Å². The van der Waals surface area contributed by atoms with E-state index in [0.717, 1.165) is 26.1 Å². The fourth-order valence-corrected chi connectivity index (χ4v) is 2.24. The molecule has 0 N–H and O–H groups in total. The van der Waals surface area contributed by atoms with Crippen LogP contribution in [0.4, 0.5) is 0 Å². The van der Waals surface area contributed by atoms with E-state index in [1.807, 2.05) is 0 Å². The van der Waals surface area contributed by atoms with Crippen LogP contribution in [-0.2, 0) is 19.5 Å². The van der Waals surface area contributed by atoms with E-state index in [-0.39, 0.29) is 0 Å². The number of rotatable bonds is 2. The summed E-state index contributed by atoms with van der Waals surface area (Å²) < 4.78 is 0. The number of benzene rings is 1. The topological polar surface area (TPSA) is 6.48 Å². The maximum atomic E-state index is 4.01. The van der Waals surface area contributed by atoms with Crippen molar-refractivity contribution in [3.8, 4) is 0 Å². The summed E-state index contributed by atoms with van der Waals surface area (Å²) >= 11 is 0. The summed E-state index contributed by atoms with van der Waals surface area (Å²) in [6.45, 7) is 3.12. The van der Waals surface area contributed by atoms with Gasteiger partial charge in [-0.05, 0) is 50.3 Å². The molecule has 2 heteroatoms. The molecule has 0 aromatic heterocycles. The Labute approximate surface area is 92.5 Å². The first kappa shape index (κ1) is 10.7. The lowest BCUT2D eigenvalue weighted by Crippen LogP contribution is -2.26. The molecule has 0 bridgehead atoms. The van der Waals surface area contributed by atoms with Crippen molar-refractivity contribution in [2.24, 2.45) is 0 Å². The lowest BCUT2D eigenvalue weighted by molar-refractivity contribution is 0.342. The Morgan fingerprint density at radius 2 is 2.20 bits per heavy atom. The molecular weight excluding hydrogens is 184 g/mol. The summed E-state index contributed by atoms with van der Waals surface area (Å²) in [6, 6.07) is 6.64.